The van der Waals surface area contributed by atoms with Crippen LogP contribution in [0.4, 0.5) is 11.4 Å². The minimum atomic E-state index is -1.11. The predicted octanol–water partition coefficient (Wildman–Crippen LogP) is 8.51. The van der Waals surface area contributed by atoms with Crippen molar-refractivity contribution in [1.82, 2.24) is 5.32 Å². The van der Waals surface area contributed by atoms with Crippen molar-refractivity contribution in [3.8, 4) is 5.75 Å². The number of carboxylic acid groups (broad SMARTS) is 2. The Morgan fingerprint density at radius 1 is 0.902 bits per heavy atom. The summed E-state index contributed by atoms with van der Waals surface area (Å²) in [5.74, 6) is -2.69. The fourth-order valence-electron chi connectivity index (χ4n) is 7.71. The highest BCUT2D eigenvalue weighted by Crippen LogP contribution is 2.58. The summed E-state index contributed by atoms with van der Waals surface area (Å²) in [6.45, 7) is 7.46. The number of methoxy groups -OCH3 is 1. The van der Waals surface area contributed by atoms with Gasteiger partial charge in [0.25, 0.3) is 0 Å². The van der Waals surface area contributed by atoms with E-state index in [4.69, 9.17) is 39.5 Å². The lowest BCUT2D eigenvalue weighted by Gasteiger charge is -2.40. The number of carboxylic acids is 2. The number of nitrogens with zero attached hydrogens (tertiary/aromatic N) is 1. The first-order valence-corrected chi connectivity index (χ1v) is 17.5. The van der Waals surface area contributed by atoms with E-state index in [-0.39, 0.29) is 34.2 Å². The van der Waals surface area contributed by atoms with Gasteiger partial charge in [0.2, 0.25) is 5.91 Å². The molecule has 0 aliphatic carbocycles. The topological polar surface area (TPSA) is 128 Å². The second kappa shape index (κ2) is 14.0. The molecule has 51 heavy (non-hydrogen) atoms. The fourth-order valence-corrected chi connectivity index (χ4v) is 8.19. The molecule has 0 unspecified atom stereocenters. The Hall–Kier alpha value is -4.28. The maximum atomic E-state index is 14.6. The number of carbonyl (C=O) groups excluding carboxylic acids is 1. The van der Waals surface area contributed by atoms with Crippen molar-refractivity contribution in [3.05, 3.63) is 122 Å². The van der Waals surface area contributed by atoms with Crippen LogP contribution in [0.2, 0.25) is 15.1 Å². The van der Waals surface area contributed by atoms with Crippen LogP contribution in [0.3, 0.4) is 0 Å². The highest BCUT2D eigenvalue weighted by atomic mass is 35.5. The number of nitrogens with one attached hydrogen (secondary N) is 2. The molecular formula is C39H38Cl3N3O6. The predicted molar refractivity (Wildman–Crippen MR) is 200 cm³/mol. The summed E-state index contributed by atoms with van der Waals surface area (Å²) in [5, 5.41) is 27.1. The van der Waals surface area contributed by atoms with Crippen LogP contribution in [0.25, 0.3) is 0 Å². The third-order valence-electron chi connectivity index (χ3n) is 9.83. The molecule has 4 N–H and O–H groups in total. The molecule has 2 aliphatic heterocycles. The van der Waals surface area contributed by atoms with Gasteiger partial charge in [-0.1, -0.05) is 79.8 Å². The first-order chi connectivity index (χ1) is 24.1. The second-order valence-corrected chi connectivity index (χ2v) is 15.6. The van der Waals surface area contributed by atoms with Crippen molar-refractivity contribution >= 4 is 64.0 Å². The zero-order valence-corrected chi connectivity index (χ0v) is 30.7. The molecule has 4 aromatic carbocycles. The van der Waals surface area contributed by atoms with Gasteiger partial charge in [-0.3, -0.25) is 4.79 Å². The smallest absolute Gasteiger partial charge is 0.335 e. The number of fused-ring (bicyclic) bond motifs is 2. The van der Waals surface area contributed by atoms with E-state index in [1.807, 2.05) is 42.5 Å². The third kappa shape index (κ3) is 7.13. The Kier molecular flexibility index (Phi) is 10.0. The highest BCUT2D eigenvalue weighted by molar-refractivity contribution is 6.42. The molecule has 0 aromatic heterocycles. The van der Waals surface area contributed by atoms with Crippen molar-refractivity contribution in [1.29, 1.82) is 0 Å². The van der Waals surface area contributed by atoms with E-state index in [2.05, 4.69) is 36.3 Å². The minimum absolute atomic E-state index is 0.0284. The van der Waals surface area contributed by atoms with Crippen molar-refractivity contribution < 1.29 is 29.3 Å². The summed E-state index contributed by atoms with van der Waals surface area (Å²) in [6.07, 6.45) is 0.703. The van der Waals surface area contributed by atoms with Gasteiger partial charge in [0, 0.05) is 41.2 Å². The fraction of sp³-hybridized carbons (Fsp3) is 0.308. The van der Waals surface area contributed by atoms with E-state index in [0.717, 1.165) is 22.4 Å². The van der Waals surface area contributed by atoms with Gasteiger partial charge in [-0.2, -0.15) is 0 Å². The Bertz CT molecular complexity index is 2010. The van der Waals surface area contributed by atoms with E-state index < -0.39 is 29.3 Å². The Morgan fingerprint density at radius 3 is 2.22 bits per heavy atom. The summed E-state index contributed by atoms with van der Waals surface area (Å²) in [6, 6.07) is 21.5. The van der Waals surface area contributed by atoms with Gasteiger partial charge in [-0.25, -0.2) is 9.59 Å². The van der Waals surface area contributed by atoms with Gasteiger partial charge >= 0.3 is 11.9 Å². The number of ether oxygens (including phenoxy) is 1. The summed E-state index contributed by atoms with van der Waals surface area (Å²) < 4.78 is 5.49. The van der Waals surface area contributed by atoms with E-state index in [9.17, 15) is 24.6 Å². The largest absolute Gasteiger partial charge is 0.495 e. The van der Waals surface area contributed by atoms with Crippen molar-refractivity contribution in [2.45, 2.75) is 57.2 Å². The van der Waals surface area contributed by atoms with Gasteiger partial charge < -0.3 is 30.5 Å². The second-order valence-electron chi connectivity index (χ2n) is 14.4. The molecule has 4 aromatic rings. The molecule has 0 saturated carbocycles. The standard InChI is InChI=1S/C39H38Cl3N3O6/c1-38(2,3)18-32-39(20-45(30-17-25(40)11-12-26(30)39)19-21-5-7-22(8-6-21)36(47)48)33(23-9-13-27(41)28(42)15-23)34(44-32)35(46)43-29-14-10-24(37(49)50)16-31(29)51-4/h5-17,32-34,44H,18-20H2,1-4H3,(H,43,46)(H,47,48)(H,49,50)/t32-,33-,34+,39-/m0/s1. The van der Waals surface area contributed by atoms with Crippen molar-refractivity contribution in [2.24, 2.45) is 5.41 Å². The van der Waals surface area contributed by atoms with Gasteiger partial charge in [0.05, 0.1) is 40.0 Å². The molecule has 1 fully saturated rings. The summed E-state index contributed by atoms with van der Waals surface area (Å²) in [4.78, 5) is 40.1. The lowest BCUT2D eigenvalue weighted by molar-refractivity contribution is -0.118. The number of aromatic carboxylic acids is 2. The molecule has 1 amide bonds. The SMILES string of the molecule is COc1cc(C(=O)O)ccc1NC(=O)[C@@H]1N[C@@H](CC(C)(C)C)[C@@]2(CN(Cc3ccc(C(=O)O)cc3)c3cc(Cl)ccc32)[C@H]1c1ccc(Cl)c(Cl)c1. The van der Waals surface area contributed by atoms with Crippen LogP contribution in [0.5, 0.6) is 5.75 Å². The van der Waals surface area contributed by atoms with E-state index in [1.54, 1.807) is 18.2 Å². The number of amides is 1. The van der Waals surface area contributed by atoms with Crippen LogP contribution in [0.1, 0.15) is 70.5 Å². The summed E-state index contributed by atoms with van der Waals surface area (Å²) >= 11 is 19.8. The van der Waals surface area contributed by atoms with Crippen LogP contribution in [-0.4, -0.2) is 53.8 Å². The van der Waals surface area contributed by atoms with Crippen LogP contribution in [-0.2, 0) is 16.8 Å². The first kappa shape index (κ1) is 36.5. The van der Waals surface area contributed by atoms with Crippen LogP contribution in [0, 0.1) is 5.41 Å². The van der Waals surface area contributed by atoms with E-state index in [0.29, 0.717) is 40.3 Å². The Balaban J connectivity index is 1.50. The summed E-state index contributed by atoms with van der Waals surface area (Å²) in [7, 11) is 1.42. The molecule has 2 aliphatic rings. The molecule has 1 spiro atoms. The molecule has 2 heterocycles. The Labute approximate surface area is 311 Å². The number of anilines is 2. The first-order valence-electron chi connectivity index (χ1n) is 16.4. The average Bonchev–Trinajstić information content (AvgIpc) is 3.55. The van der Waals surface area contributed by atoms with Crippen LogP contribution < -0.4 is 20.3 Å². The monoisotopic (exact) mass is 749 g/mol. The maximum absolute atomic E-state index is 14.6. The lowest BCUT2D eigenvalue weighted by atomic mass is 9.63. The molecule has 9 nitrogen and oxygen atoms in total. The quantitative estimate of drug-likeness (QED) is 0.134. The molecule has 0 bridgehead atoms. The molecule has 1 saturated heterocycles. The Morgan fingerprint density at radius 2 is 1.59 bits per heavy atom. The van der Waals surface area contributed by atoms with Crippen LogP contribution >= 0.6 is 34.8 Å². The van der Waals surface area contributed by atoms with Gasteiger partial charge in [0.15, 0.2) is 0 Å². The molecule has 4 atom stereocenters. The zero-order chi connectivity index (χ0) is 36.8. The van der Waals surface area contributed by atoms with Crippen molar-refractivity contribution in [2.75, 3.05) is 23.9 Å². The number of benzene rings is 4. The number of hydrogen-bond acceptors (Lipinski definition) is 6. The number of hydrogen-bond donors (Lipinski definition) is 4. The number of rotatable bonds is 9. The zero-order valence-electron chi connectivity index (χ0n) is 28.5. The number of halogens is 3. The van der Waals surface area contributed by atoms with Gasteiger partial charge in [-0.05, 0) is 83.1 Å². The van der Waals surface area contributed by atoms with E-state index >= 15 is 0 Å². The summed E-state index contributed by atoms with van der Waals surface area (Å²) in [5.41, 5.74) is 3.39. The average molecular weight is 751 g/mol. The maximum Gasteiger partial charge on any atom is 0.335 e. The third-order valence-corrected chi connectivity index (χ3v) is 10.8. The molecule has 12 heteroatoms. The molecule has 266 valence electrons. The molecule has 0 radical (unpaired) electrons. The van der Waals surface area contributed by atoms with Crippen LogP contribution in [0.15, 0.2) is 78.9 Å². The minimum Gasteiger partial charge on any atom is -0.495 e. The number of carbonyl (C=O) groups is 3. The molecule has 6 rings (SSSR count). The van der Waals surface area contributed by atoms with Crippen molar-refractivity contribution in [3.63, 3.8) is 0 Å². The normalized spacial score (nSPS) is 21.1. The van der Waals surface area contributed by atoms with Gasteiger partial charge in [-0.15, -0.1) is 0 Å². The highest BCUT2D eigenvalue weighted by Gasteiger charge is 2.62. The van der Waals surface area contributed by atoms with Gasteiger partial charge in [0.1, 0.15) is 5.75 Å². The lowest BCUT2D eigenvalue weighted by Crippen LogP contribution is -2.48. The molecular weight excluding hydrogens is 713 g/mol. The van der Waals surface area contributed by atoms with E-state index in [1.165, 1.54) is 25.3 Å².